The second kappa shape index (κ2) is 15.7. The molecule has 0 saturated carbocycles. The maximum atomic E-state index is 11.2. The zero-order valence-electron chi connectivity index (χ0n) is 18.3. The van der Waals surface area contributed by atoms with Crippen molar-refractivity contribution in [3.8, 4) is 0 Å². The van der Waals surface area contributed by atoms with Crippen molar-refractivity contribution in [3.63, 3.8) is 0 Å². The highest BCUT2D eigenvalue weighted by Gasteiger charge is 2.18. The van der Waals surface area contributed by atoms with E-state index in [1.165, 1.54) is 9.80 Å². The molecule has 1 rings (SSSR count). The minimum atomic E-state index is -1.19. The van der Waals surface area contributed by atoms with Crippen molar-refractivity contribution in [1.29, 1.82) is 0 Å². The van der Waals surface area contributed by atoms with E-state index in [4.69, 9.17) is 25.2 Å². The molecule has 0 spiro atoms. The number of hydrogen-bond donors (Lipinski definition) is 4. The van der Waals surface area contributed by atoms with Crippen molar-refractivity contribution in [2.45, 2.75) is 6.61 Å². The van der Waals surface area contributed by atoms with E-state index in [0.29, 0.717) is 13.2 Å². The van der Waals surface area contributed by atoms with Crippen molar-refractivity contribution in [1.82, 2.24) is 14.7 Å². The second-order valence-corrected chi connectivity index (χ2v) is 7.38. The van der Waals surface area contributed by atoms with Gasteiger partial charge in [-0.25, -0.2) is 0 Å². The van der Waals surface area contributed by atoms with Crippen LogP contribution in [-0.2, 0) is 30.5 Å². The van der Waals surface area contributed by atoms with Crippen LogP contribution < -0.4 is 0 Å². The number of nitrogens with zero attached hydrogens (tertiary/aromatic N) is 3. The topological polar surface area (TPSA) is 168 Å². The van der Waals surface area contributed by atoms with Crippen LogP contribution in [0.2, 0.25) is 0 Å². The maximum absolute atomic E-state index is 11.2. The van der Waals surface area contributed by atoms with Crippen LogP contribution in [0.25, 0.3) is 0 Å². The molecule has 0 unspecified atom stereocenters. The minimum Gasteiger partial charge on any atom is -0.480 e. The average Bonchev–Trinajstić information content (AvgIpc) is 2.71. The van der Waals surface area contributed by atoms with Gasteiger partial charge in [0.25, 0.3) is 0 Å². The minimum absolute atomic E-state index is 0.0327. The fourth-order valence-electron chi connectivity index (χ4n) is 3.04. The monoisotopic (exact) mass is 469 g/mol. The normalized spacial score (nSPS) is 11.2. The molecule has 4 N–H and O–H groups in total. The van der Waals surface area contributed by atoms with Gasteiger partial charge in [-0.2, -0.15) is 0 Å². The van der Waals surface area contributed by atoms with Gasteiger partial charge in [-0.15, -0.1) is 0 Å². The fraction of sp³-hybridized carbons (Fsp3) is 0.524. The number of carboxylic acid groups (broad SMARTS) is 4. The van der Waals surface area contributed by atoms with Crippen LogP contribution in [0.3, 0.4) is 0 Å². The van der Waals surface area contributed by atoms with Crippen LogP contribution in [-0.4, -0.2) is 125 Å². The van der Waals surface area contributed by atoms with Gasteiger partial charge in [0, 0.05) is 32.7 Å². The summed E-state index contributed by atoms with van der Waals surface area (Å²) in [5, 5.41) is 36.2. The highest BCUT2D eigenvalue weighted by molar-refractivity contribution is 5.72. The van der Waals surface area contributed by atoms with Gasteiger partial charge in [0.1, 0.15) is 0 Å². The van der Waals surface area contributed by atoms with Crippen LogP contribution in [0.4, 0.5) is 0 Å². The molecule has 0 bridgehead atoms. The Morgan fingerprint density at radius 2 is 1.00 bits per heavy atom. The predicted octanol–water partition coefficient (Wildman–Crippen LogP) is -0.552. The molecule has 1 aromatic rings. The highest BCUT2D eigenvalue weighted by atomic mass is 16.5. The number of rotatable bonds is 19. The van der Waals surface area contributed by atoms with Gasteiger partial charge in [0.15, 0.2) is 0 Å². The zero-order valence-corrected chi connectivity index (χ0v) is 18.3. The van der Waals surface area contributed by atoms with Gasteiger partial charge in [-0.3, -0.25) is 33.9 Å². The molecule has 0 fully saturated rings. The Bertz CT molecular complexity index is 745. The van der Waals surface area contributed by atoms with E-state index in [2.05, 4.69) is 0 Å². The van der Waals surface area contributed by atoms with E-state index in [1.807, 2.05) is 30.3 Å². The van der Waals surface area contributed by atoms with Crippen molar-refractivity contribution in [2.75, 3.05) is 65.5 Å². The summed E-state index contributed by atoms with van der Waals surface area (Å²) in [6.07, 6.45) is 0. The van der Waals surface area contributed by atoms with Gasteiger partial charge in [-0.1, -0.05) is 30.3 Å². The Morgan fingerprint density at radius 3 is 1.45 bits per heavy atom. The molecule has 0 aliphatic carbocycles. The molecule has 33 heavy (non-hydrogen) atoms. The first kappa shape index (κ1) is 28.0. The lowest BCUT2D eigenvalue weighted by atomic mass is 10.2. The van der Waals surface area contributed by atoms with Gasteiger partial charge >= 0.3 is 23.9 Å². The first-order valence-corrected chi connectivity index (χ1v) is 10.3. The Kier molecular flexibility index (Phi) is 13.3. The van der Waals surface area contributed by atoms with Crippen LogP contribution in [0.15, 0.2) is 30.3 Å². The molecule has 184 valence electrons. The number of ether oxygens (including phenoxy) is 1. The molecule has 0 amide bonds. The highest BCUT2D eigenvalue weighted by Crippen LogP contribution is 2.01. The lowest BCUT2D eigenvalue weighted by Gasteiger charge is -2.27. The second-order valence-electron chi connectivity index (χ2n) is 7.38. The number of benzene rings is 1. The largest absolute Gasteiger partial charge is 0.480 e. The molecule has 0 aromatic heterocycles. The first-order chi connectivity index (χ1) is 15.7. The summed E-state index contributed by atoms with van der Waals surface area (Å²) < 4.78 is 5.60. The Labute approximate surface area is 191 Å². The maximum Gasteiger partial charge on any atom is 0.317 e. The summed E-state index contributed by atoms with van der Waals surface area (Å²) in [5.41, 5.74) is 0.988. The van der Waals surface area contributed by atoms with Crippen LogP contribution in [0.5, 0.6) is 0 Å². The van der Waals surface area contributed by atoms with Gasteiger partial charge < -0.3 is 25.2 Å². The third-order valence-corrected chi connectivity index (χ3v) is 4.56. The SMILES string of the molecule is O=C(O)CN(CCOCc1ccccc1)CCN(CCN(CC(=O)O)CC(=O)O)CC(=O)O. The van der Waals surface area contributed by atoms with E-state index in [9.17, 15) is 19.2 Å². The molecule has 0 aliphatic rings. The summed E-state index contributed by atoms with van der Waals surface area (Å²) in [4.78, 5) is 48.6. The smallest absolute Gasteiger partial charge is 0.317 e. The Balaban J connectivity index is 2.59. The van der Waals surface area contributed by atoms with Crippen molar-refractivity contribution >= 4 is 23.9 Å². The van der Waals surface area contributed by atoms with E-state index in [0.717, 1.165) is 5.56 Å². The standard InChI is InChI=1S/C21H31N3O9/c25-18(26)12-22(8-9-24(14-20(29)30)15-21(31)32)6-7-23(13-19(27)28)10-11-33-16-17-4-2-1-3-5-17/h1-5H,6-16H2,(H,25,26)(H,27,28)(H,29,30)(H,31,32). The number of aliphatic carboxylic acids is 4. The van der Waals surface area contributed by atoms with E-state index < -0.39 is 37.0 Å². The summed E-state index contributed by atoms with van der Waals surface area (Å²) >= 11 is 0. The van der Waals surface area contributed by atoms with Crippen LogP contribution in [0, 0.1) is 0 Å². The Morgan fingerprint density at radius 1 is 0.606 bits per heavy atom. The molecule has 12 heteroatoms. The van der Waals surface area contributed by atoms with E-state index in [1.54, 1.807) is 4.90 Å². The fourth-order valence-corrected chi connectivity index (χ4v) is 3.04. The lowest BCUT2D eigenvalue weighted by Crippen LogP contribution is -2.45. The number of hydrogen-bond acceptors (Lipinski definition) is 8. The van der Waals surface area contributed by atoms with Crippen molar-refractivity contribution < 1.29 is 44.3 Å². The summed E-state index contributed by atoms with van der Waals surface area (Å²) in [7, 11) is 0. The summed E-state index contributed by atoms with van der Waals surface area (Å²) in [6, 6.07) is 9.50. The van der Waals surface area contributed by atoms with Gasteiger partial charge in [0.2, 0.25) is 0 Å². The molecular formula is C21H31N3O9. The third kappa shape index (κ3) is 14.6. The number of carboxylic acids is 4. The number of carbonyl (C=O) groups is 4. The average molecular weight is 469 g/mol. The summed E-state index contributed by atoms with van der Waals surface area (Å²) in [6.45, 7) is 0.00121. The first-order valence-electron chi connectivity index (χ1n) is 10.3. The molecule has 0 radical (unpaired) electrons. The van der Waals surface area contributed by atoms with Crippen molar-refractivity contribution in [3.05, 3.63) is 35.9 Å². The predicted molar refractivity (Wildman–Crippen MR) is 116 cm³/mol. The lowest BCUT2D eigenvalue weighted by molar-refractivity contribution is -0.143. The van der Waals surface area contributed by atoms with Gasteiger partial charge in [0.05, 0.1) is 39.4 Å². The Hall–Kier alpha value is -3.06. The molecule has 0 saturated heterocycles. The molecular weight excluding hydrogens is 438 g/mol. The molecule has 0 atom stereocenters. The van der Waals surface area contributed by atoms with E-state index in [-0.39, 0.29) is 45.9 Å². The zero-order chi connectivity index (χ0) is 24.6. The van der Waals surface area contributed by atoms with E-state index >= 15 is 0 Å². The van der Waals surface area contributed by atoms with Gasteiger partial charge in [-0.05, 0) is 5.56 Å². The molecule has 0 heterocycles. The quantitative estimate of drug-likeness (QED) is 0.191. The van der Waals surface area contributed by atoms with Crippen molar-refractivity contribution in [2.24, 2.45) is 0 Å². The third-order valence-electron chi connectivity index (χ3n) is 4.56. The molecule has 0 aliphatic heterocycles. The van der Waals surface area contributed by atoms with Crippen LogP contribution >= 0.6 is 0 Å². The van der Waals surface area contributed by atoms with Crippen LogP contribution in [0.1, 0.15) is 5.56 Å². The molecule has 1 aromatic carbocycles. The molecule has 12 nitrogen and oxygen atoms in total. The summed E-state index contributed by atoms with van der Waals surface area (Å²) in [5.74, 6) is -4.51.